The molecule has 84 valence electrons. The van der Waals surface area contributed by atoms with Crippen LogP contribution in [0, 0.1) is 6.92 Å². The van der Waals surface area contributed by atoms with Gasteiger partial charge >= 0.3 is 0 Å². The second-order valence-electron chi connectivity index (χ2n) is 4.44. The van der Waals surface area contributed by atoms with Gasteiger partial charge in [-0.25, -0.2) is 4.98 Å². The van der Waals surface area contributed by atoms with Crippen LogP contribution in [-0.2, 0) is 5.54 Å². The van der Waals surface area contributed by atoms with Crippen molar-refractivity contribution < 1.29 is 4.42 Å². The Morgan fingerprint density at radius 3 is 2.44 bits per heavy atom. The van der Waals surface area contributed by atoms with Gasteiger partial charge in [0.2, 0.25) is 5.89 Å². The third-order valence-electron chi connectivity index (χ3n) is 2.25. The summed E-state index contributed by atoms with van der Waals surface area (Å²) in [7, 11) is 0. The molecule has 0 aliphatic carbocycles. The molecule has 0 spiro atoms. The minimum atomic E-state index is -0.559. The van der Waals surface area contributed by atoms with Gasteiger partial charge in [-0.05, 0) is 32.9 Å². The molecule has 2 rings (SSSR count). The van der Waals surface area contributed by atoms with Crippen molar-refractivity contribution in [3.05, 3.63) is 36.1 Å². The fourth-order valence-electron chi connectivity index (χ4n) is 1.32. The lowest BCUT2D eigenvalue weighted by Crippen LogP contribution is -2.28. The third kappa shape index (κ3) is 2.12. The summed E-state index contributed by atoms with van der Waals surface area (Å²) in [5.41, 5.74) is 7.23. The number of oxazole rings is 1. The van der Waals surface area contributed by atoms with E-state index in [2.05, 4.69) is 9.97 Å². The van der Waals surface area contributed by atoms with Gasteiger partial charge in [-0.2, -0.15) is 0 Å². The summed E-state index contributed by atoms with van der Waals surface area (Å²) in [6.07, 6.45) is 3.44. The summed E-state index contributed by atoms with van der Waals surface area (Å²) in [5.74, 6) is 1.23. The van der Waals surface area contributed by atoms with Crippen LogP contribution in [0.5, 0.6) is 0 Å². The quantitative estimate of drug-likeness (QED) is 0.837. The summed E-state index contributed by atoms with van der Waals surface area (Å²) in [4.78, 5) is 8.37. The predicted octanol–water partition coefficient (Wildman–Crippen LogP) is 2.24. The van der Waals surface area contributed by atoms with E-state index in [-0.39, 0.29) is 0 Å². The minimum absolute atomic E-state index is 0.531. The van der Waals surface area contributed by atoms with Crippen molar-refractivity contribution in [2.24, 2.45) is 5.73 Å². The van der Waals surface area contributed by atoms with E-state index >= 15 is 0 Å². The zero-order chi connectivity index (χ0) is 11.8. The molecule has 2 aromatic heterocycles. The van der Waals surface area contributed by atoms with Gasteiger partial charge in [-0.3, -0.25) is 4.98 Å². The van der Waals surface area contributed by atoms with Crippen molar-refractivity contribution >= 4 is 0 Å². The number of aromatic nitrogens is 2. The number of rotatable bonds is 2. The molecule has 0 unspecified atom stereocenters. The Morgan fingerprint density at radius 1 is 1.19 bits per heavy atom. The second kappa shape index (κ2) is 3.72. The topological polar surface area (TPSA) is 64.9 Å². The van der Waals surface area contributed by atoms with Crippen LogP contribution in [-0.4, -0.2) is 9.97 Å². The standard InChI is InChI=1S/C12H15N3O/c1-8-4-5-9(6-14-8)10-7-15-11(16-10)12(2,3)13/h4-7H,13H2,1-3H3. The van der Waals surface area contributed by atoms with E-state index in [0.29, 0.717) is 11.7 Å². The molecule has 0 atom stereocenters. The maximum atomic E-state index is 5.90. The Hall–Kier alpha value is -1.68. The van der Waals surface area contributed by atoms with Crippen LogP contribution < -0.4 is 5.73 Å². The van der Waals surface area contributed by atoms with Gasteiger partial charge in [0.15, 0.2) is 5.76 Å². The first kappa shape index (κ1) is 10.8. The molecule has 0 aliphatic rings. The van der Waals surface area contributed by atoms with Gasteiger partial charge in [-0.1, -0.05) is 0 Å². The first-order valence-corrected chi connectivity index (χ1v) is 5.15. The highest BCUT2D eigenvalue weighted by Gasteiger charge is 2.21. The SMILES string of the molecule is Cc1ccc(-c2cnc(C(C)(C)N)o2)cn1. The third-order valence-corrected chi connectivity index (χ3v) is 2.25. The minimum Gasteiger partial charge on any atom is -0.439 e. The monoisotopic (exact) mass is 217 g/mol. The largest absolute Gasteiger partial charge is 0.439 e. The van der Waals surface area contributed by atoms with Crippen molar-refractivity contribution in [2.45, 2.75) is 26.3 Å². The lowest BCUT2D eigenvalue weighted by atomic mass is 10.1. The molecule has 0 fully saturated rings. The van der Waals surface area contributed by atoms with E-state index in [1.807, 2.05) is 32.9 Å². The summed E-state index contributed by atoms with van der Waals surface area (Å²) >= 11 is 0. The van der Waals surface area contributed by atoms with Crippen molar-refractivity contribution in [3.63, 3.8) is 0 Å². The molecule has 0 radical (unpaired) electrons. The van der Waals surface area contributed by atoms with Crippen LogP contribution in [0.2, 0.25) is 0 Å². The van der Waals surface area contributed by atoms with E-state index in [9.17, 15) is 0 Å². The van der Waals surface area contributed by atoms with Crippen molar-refractivity contribution in [1.82, 2.24) is 9.97 Å². The summed E-state index contributed by atoms with van der Waals surface area (Å²) in [5, 5.41) is 0. The number of aryl methyl sites for hydroxylation is 1. The van der Waals surface area contributed by atoms with Crippen molar-refractivity contribution in [3.8, 4) is 11.3 Å². The number of hydrogen-bond donors (Lipinski definition) is 1. The first-order valence-electron chi connectivity index (χ1n) is 5.15. The average molecular weight is 217 g/mol. The number of hydrogen-bond acceptors (Lipinski definition) is 4. The van der Waals surface area contributed by atoms with Gasteiger partial charge < -0.3 is 10.2 Å². The molecule has 2 heterocycles. The van der Waals surface area contributed by atoms with Gasteiger partial charge in [0.25, 0.3) is 0 Å². The highest BCUT2D eigenvalue weighted by Crippen LogP contribution is 2.23. The molecule has 4 nitrogen and oxygen atoms in total. The van der Waals surface area contributed by atoms with Crippen molar-refractivity contribution in [2.75, 3.05) is 0 Å². The predicted molar refractivity (Wildman–Crippen MR) is 61.7 cm³/mol. The van der Waals surface area contributed by atoms with Crippen LogP contribution in [0.3, 0.4) is 0 Å². The molecule has 0 aliphatic heterocycles. The van der Waals surface area contributed by atoms with Crippen LogP contribution in [0.4, 0.5) is 0 Å². The van der Waals surface area contributed by atoms with Gasteiger partial charge in [0, 0.05) is 17.5 Å². The normalized spacial score (nSPS) is 11.8. The molecule has 0 bridgehead atoms. The van der Waals surface area contributed by atoms with E-state index in [0.717, 1.165) is 11.3 Å². The summed E-state index contributed by atoms with van der Waals surface area (Å²) in [6.45, 7) is 5.66. The number of nitrogens with zero attached hydrogens (tertiary/aromatic N) is 2. The van der Waals surface area contributed by atoms with Crippen LogP contribution in [0.1, 0.15) is 25.4 Å². The number of pyridine rings is 1. The lowest BCUT2D eigenvalue weighted by molar-refractivity contribution is 0.384. The molecule has 2 N–H and O–H groups in total. The second-order valence-corrected chi connectivity index (χ2v) is 4.44. The Bertz CT molecular complexity index is 480. The molecule has 2 aromatic rings. The highest BCUT2D eigenvalue weighted by atomic mass is 16.4. The van der Waals surface area contributed by atoms with E-state index in [1.54, 1.807) is 12.4 Å². The first-order chi connectivity index (χ1) is 7.47. The molecule has 4 heteroatoms. The number of nitrogens with two attached hydrogens (primary N) is 1. The van der Waals surface area contributed by atoms with Crippen LogP contribution >= 0.6 is 0 Å². The smallest absolute Gasteiger partial charge is 0.214 e. The highest BCUT2D eigenvalue weighted by molar-refractivity contribution is 5.54. The fourth-order valence-corrected chi connectivity index (χ4v) is 1.32. The van der Waals surface area contributed by atoms with E-state index < -0.39 is 5.54 Å². The molecular weight excluding hydrogens is 202 g/mol. The van der Waals surface area contributed by atoms with E-state index in [1.165, 1.54) is 0 Å². The van der Waals surface area contributed by atoms with Gasteiger partial charge in [-0.15, -0.1) is 0 Å². The average Bonchev–Trinajstić information content (AvgIpc) is 2.67. The van der Waals surface area contributed by atoms with Crippen LogP contribution in [0.15, 0.2) is 28.9 Å². The maximum absolute atomic E-state index is 5.90. The molecule has 0 aromatic carbocycles. The molecular formula is C12H15N3O. The van der Waals surface area contributed by atoms with Crippen molar-refractivity contribution in [1.29, 1.82) is 0 Å². The van der Waals surface area contributed by atoms with Gasteiger partial charge in [0.05, 0.1) is 11.7 Å². The molecule has 16 heavy (non-hydrogen) atoms. The Kier molecular flexibility index (Phi) is 2.52. The Morgan fingerprint density at radius 2 is 1.94 bits per heavy atom. The fraction of sp³-hybridized carbons (Fsp3) is 0.333. The molecule has 0 amide bonds. The lowest BCUT2D eigenvalue weighted by Gasteiger charge is -2.12. The molecule has 0 saturated carbocycles. The van der Waals surface area contributed by atoms with Gasteiger partial charge in [0.1, 0.15) is 0 Å². The molecule has 0 saturated heterocycles. The summed E-state index contributed by atoms with van der Waals surface area (Å²) in [6, 6.07) is 3.89. The zero-order valence-electron chi connectivity index (χ0n) is 9.69. The van der Waals surface area contributed by atoms with E-state index in [4.69, 9.17) is 10.2 Å². The van der Waals surface area contributed by atoms with Crippen LogP contribution in [0.25, 0.3) is 11.3 Å². The Balaban J connectivity index is 2.35. The maximum Gasteiger partial charge on any atom is 0.214 e. The Labute approximate surface area is 94.5 Å². The zero-order valence-corrected chi connectivity index (χ0v) is 9.69. The summed E-state index contributed by atoms with van der Waals surface area (Å²) < 4.78 is 5.60.